The fraction of sp³-hybridized carbons (Fsp3) is 0.222. The van der Waals surface area contributed by atoms with Crippen LogP contribution in [0.3, 0.4) is 0 Å². The summed E-state index contributed by atoms with van der Waals surface area (Å²) in [6.07, 6.45) is 0. The molecule has 3 rings (SSSR count). The smallest absolute Gasteiger partial charge is 0.277 e. The van der Waals surface area contributed by atoms with Gasteiger partial charge in [0.15, 0.2) is 11.5 Å². The van der Waals surface area contributed by atoms with Crippen molar-refractivity contribution in [2.24, 2.45) is 0 Å². The first-order valence-electron chi connectivity index (χ1n) is 7.70. The highest BCUT2D eigenvalue weighted by Crippen LogP contribution is 2.38. The molecule has 1 aromatic heterocycles. The van der Waals surface area contributed by atoms with Gasteiger partial charge in [0, 0.05) is 16.4 Å². The number of hydrogen-bond acceptors (Lipinski definition) is 6. The van der Waals surface area contributed by atoms with E-state index in [1.807, 2.05) is 0 Å². The summed E-state index contributed by atoms with van der Waals surface area (Å²) in [5.74, 6) is 0.164. The van der Waals surface area contributed by atoms with Crippen LogP contribution in [0.5, 0.6) is 11.5 Å². The maximum Gasteiger partial charge on any atom is 0.277 e. The van der Waals surface area contributed by atoms with Crippen molar-refractivity contribution < 1.29 is 22.7 Å². The van der Waals surface area contributed by atoms with Crippen LogP contribution < -0.4 is 9.47 Å². The lowest BCUT2D eigenvalue weighted by molar-refractivity contribution is 0.355. The molecular weight excluding hydrogens is 362 g/mol. The Hall–Kier alpha value is -2.61. The number of hydrogen-bond donors (Lipinski definition) is 0. The van der Waals surface area contributed by atoms with Crippen molar-refractivity contribution in [3.8, 4) is 23.0 Å². The minimum absolute atomic E-state index is 0.0247. The number of methoxy groups -OCH3 is 2. The second kappa shape index (κ2) is 7.74. The molecule has 1 heterocycles. The van der Waals surface area contributed by atoms with Crippen LogP contribution in [0.15, 0.2) is 46.0 Å². The maximum absolute atomic E-state index is 13.9. The molecule has 0 saturated carbocycles. The average molecular weight is 378 g/mol. The van der Waals surface area contributed by atoms with Crippen molar-refractivity contribution in [3.63, 3.8) is 0 Å². The van der Waals surface area contributed by atoms with Gasteiger partial charge in [-0.1, -0.05) is 17.8 Å². The van der Waals surface area contributed by atoms with E-state index in [0.717, 1.165) is 11.8 Å². The fourth-order valence-corrected chi connectivity index (χ4v) is 3.31. The topological polar surface area (TPSA) is 57.4 Å². The lowest BCUT2D eigenvalue weighted by Crippen LogP contribution is -1.97. The molecule has 2 aromatic carbocycles. The molecule has 8 heteroatoms. The summed E-state index contributed by atoms with van der Waals surface area (Å²) >= 11 is 1.08. The van der Waals surface area contributed by atoms with Gasteiger partial charge >= 0.3 is 0 Å². The van der Waals surface area contributed by atoms with Gasteiger partial charge in [-0.05, 0) is 37.3 Å². The summed E-state index contributed by atoms with van der Waals surface area (Å²) in [7, 11) is 3.07. The molecule has 0 aliphatic carbocycles. The zero-order valence-corrected chi connectivity index (χ0v) is 15.1. The van der Waals surface area contributed by atoms with E-state index in [9.17, 15) is 8.78 Å². The Kier molecular flexibility index (Phi) is 5.41. The Morgan fingerprint density at radius 2 is 1.69 bits per heavy atom. The lowest BCUT2D eigenvalue weighted by Gasteiger charge is -2.10. The Bertz CT molecular complexity index is 897. The van der Waals surface area contributed by atoms with Crippen LogP contribution in [-0.4, -0.2) is 24.4 Å². The Morgan fingerprint density at radius 1 is 1.00 bits per heavy atom. The van der Waals surface area contributed by atoms with Gasteiger partial charge in [0.1, 0.15) is 11.6 Å². The number of rotatable bonds is 6. The van der Waals surface area contributed by atoms with Crippen LogP contribution >= 0.6 is 11.8 Å². The Labute approximate surface area is 153 Å². The van der Waals surface area contributed by atoms with Crippen molar-refractivity contribution in [2.75, 3.05) is 14.2 Å². The van der Waals surface area contributed by atoms with Crippen LogP contribution in [0.4, 0.5) is 8.78 Å². The predicted octanol–water partition coefficient (Wildman–Crippen LogP) is 4.89. The van der Waals surface area contributed by atoms with E-state index in [-0.39, 0.29) is 16.7 Å². The van der Waals surface area contributed by atoms with Crippen molar-refractivity contribution in [3.05, 3.63) is 53.6 Å². The zero-order chi connectivity index (χ0) is 18.7. The second-order valence-electron chi connectivity index (χ2n) is 5.34. The third-order valence-electron chi connectivity index (χ3n) is 3.72. The highest BCUT2D eigenvalue weighted by atomic mass is 32.2. The first-order chi connectivity index (χ1) is 12.5. The molecule has 0 amide bonds. The molecule has 3 aromatic rings. The van der Waals surface area contributed by atoms with Gasteiger partial charge in [0.25, 0.3) is 5.22 Å². The summed E-state index contributed by atoms with van der Waals surface area (Å²) in [6.45, 7) is 1.67. The number of ether oxygens (including phenoxy) is 2. The van der Waals surface area contributed by atoms with Crippen molar-refractivity contribution in [1.82, 2.24) is 10.2 Å². The largest absolute Gasteiger partial charge is 0.493 e. The molecule has 0 N–H and O–H groups in total. The molecule has 0 saturated heterocycles. The Morgan fingerprint density at radius 3 is 2.35 bits per heavy atom. The summed E-state index contributed by atoms with van der Waals surface area (Å²) in [4.78, 5) is 0. The quantitative estimate of drug-likeness (QED) is 0.570. The van der Waals surface area contributed by atoms with Crippen LogP contribution in [0.2, 0.25) is 0 Å². The number of benzene rings is 2. The van der Waals surface area contributed by atoms with Crippen molar-refractivity contribution in [2.45, 2.75) is 17.4 Å². The van der Waals surface area contributed by atoms with Crippen LogP contribution in [0.25, 0.3) is 11.5 Å². The van der Waals surface area contributed by atoms with Crippen molar-refractivity contribution >= 4 is 11.8 Å². The minimum Gasteiger partial charge on any atom is -0.493 e. The molecule has 1 unspecified atom stereocenters. The third-order valence-corrected chi connectivity index (χ3v) is 4.68. The van der Waals surface area contributed by atoms with Gasteiger partial charge in [-0.15, -0.1) is 10.2 Å². The molecule has 0 bridgehead atoms. The molecule has 0 radical (unpaired) electrons. The molecule has 1 atom stereocenters. The van der Waals surface area contributed by atoms with Gasteiger partial charge in [0.05, 0.1) is 14.2 Å². The monoisotopic (exact) mass is 378 g/mol. The SMILES string of the molecule is COc1ccc(-c2nnc(SC(C)c3c(F)cccc3F)o2)cc1OC. The van der Waals surface area contributed by atoms with E-state index >= 15 is 0 Å². The highest BCUT2D eigenvalue weighted by Gasteiger charge is 2.20. The van der Waals surface area contributed by atoms with E-state index in [1.165, 1.54) is 25.3 Å². The number of aromatic nitrogens is 2. The molecule has 0 spiro atoms. The third kappa shape index (κ3) is 3.65. The van der Waals surface area contributed by atoms with Crippen molar-refractivity contribution in [1.29, 1.82) is 0 Å². The van der Waals surface area contributed by atoms with Gasteiger partial charge in [0.2, 0.25) is 5.89 Å². The lowest BCUT2D eigenvalue weighted by atomic mass is 10.1. The zero-order valence-electron chi connectivity index (χ0n) is 14.3. The summed E-state index contributed by atoms with van der Waals surface area (Å²) in [5.41, 5.74) is 0.620. The Balaban J connectivity index is 1.82. The molecule has 136 valence electrons. The number of nitrogens with zero attached hydrogens (tertiary/aromatic N) is 2. The average Bonchev–Trinajstić information content (AvgIpc) is 3.09. The summed E-state index contributed by atoms with van der Waals surface area (Å²) in [6, 6.07) is 8.96. The van der Waals surface area contributed by atoms with Gasteiger partial charge in [-0.25, -0.2) is 8.78 Å². The molecule has 26 heavy (non-hydrogen) atoms. The molecule has 0 aliphatic rings. The summed E-state index contributed by atoms with van der Waals surface area (Å²) in [5, 5.41) is 7.61. The molecule has 0 aliphatic heterocycles. The van der Waals surface area contributed by atoms with E-state index in [1.54, 1.807) is 32.2 Å². The van der Waals surface area contributed by atoms with Crippen LogP contribution in [0.1, 0.15) is 17.7 Å². The van der Waals surface area contributed by atoms with E-state index in [2.05, 4.69) is 10.2 Å². The van der Waals surface area contributed by atoms with Gasteiger partial charge < -0.3 is 13.9 Å². The van der Waals surface area contributed by atoms with E-state index in [4.69, 9.17) is 13.9 Å². The first-order valence-corrected chi connectivity index (χ1v) is 8.58. The molecular formula is C18H16F2N2O3S. The minimum atomic E-state index is -0.607. The first kappa shape index (κ1) is 18.2. The van der Waals surface area contributed by atoms with Crippen LogP contribution in [0, 0.1) is 11.6 Å². The fourth-order valence-electron chi connectivity index (χ4n) is 2.45. The maximum atomic E-state index is 13.9. The van der Waals surface area contributed by atoms with Crippen LogP contribution in [-0.2, 0) is 0 Å². The van der Waals surface area contributed by atoms with E-state index in [0.29, 0.717) is 17.1 Å². The second-order valence-corrected chi connectivity index (χ2v) is 6.63. The number of halogens is 2. The molecule has 0 fully saturated rings. The van der Waals surface area contributed by atoms with Gasteiger partial charge in [-0.2, -0.15) is 0 Å². The highest BCUT2D eigenvalue weighted by molar-refractivity contribution is 7.99. The standard InChI is InChI=1S/C18H16F2N2O3S/c1-10(16-12(19)5-4-6-13(16)20)26-18-22-21-17(25-18)11-7-8-14(23-2)15(9-11)24-3/h4-10H,1-3H3. The predicted molar refractivity (Wildman–Crippen MR) is 93.5 cm³/mol. The number of thioether (sulfide) groups is 1. The summed E-state index contributed by atoms with van der Waals surface area (Å²) < 4.78 is 43.8. The molecule has 5 nitrogen and oxygen atoms in total. The van der Waals surface area contributed by atoms with E-state index < -0.39 is 16.9 Å². The normalized spacial score (nSPS) is 12.0. The van der Waals surface area contributed by atoms with Gasteiger partial charge in [-0.3, -0.25) is 0 Å².